The first-order valence-electron chi connectivity index (χ1n) is 14.4. The normalized spacial score (nSPS) is 16.7. The summed E-state index contributed by atoms with van der Waals surface area (Å²) in [5, 5.41) is 13.6. The predicted molar refractivity (Wildman–Crippen MR) is 156 cm³/mol. The van der Waals surface area contributed by atoms with E-state index < -0.39 is 23.6 Å². The van der Waals surface area contributed by atoms with Crippen LogP contribution in [-0.2, 0) is 25.7 Å². The molecule has 0 aromatic heterocycles. The Morgan fingerprint density at radius 3 is 2.51 bits per heavy atom. The minimum absolute atomic E-state index is 0.0114. The lowest BCUT2D eigenvalue weighted by atomic mass is 10.0. The van der Waals surface area contributed by atoms with Crippen LogP contribution in [0.25, 0.3) is 0 Å². The van der Waals surface area contributed by atoms with Crippen LogP contribution in [0.1, 0.15) is 75.2 Å². The van der Waals surface area contributed by atoms with Gasteiger partial charge in [-0.15, -0.1) is 0 Å². The molecule has 2 heterocycles. The molecule has 4 rings (SSSR count). The van der Waals surface area contributed by atoms with Crippen molar-refractivity contribution in [3.8, 4) is 5.75 Å². The minimum Gasteiger partial charge on any atom is -0.486 e. The third-order valence-corrected chi connectivity index (χ3v) is 6.87. The van der Waals surface area contributed by atoms with Crippen LogP contribution >= 0.6 is 0 Å². The summed E-state index contributed by atoms with van der Waals surface area (Å²) in [6, 6.07) is 11.3. The van der Waals surface area contributed by atoms with Gasteiger partial charge >= 0.3 is 6.09 Å². The molecule has 2 aliphatic heterocycles. The van der Waals surface area contributed by atoms with Gasteiger partial charge in [0.05, 0.1) is 11.4 Å². The van der Waals surface area contributed by atoms with Gasteiger partial charge in [-0.2, -0.15) is 10.2 Å². The van der Waals surface area contributed by atoms with Crippen molar-refractivity contribution >= 4 is 41.0 Å². The van der Waals surface area contributed by atoms with E-state index in [0.717, 1.165) is 12.8 Å². The highest BCUT2D eigenvalue weighted by Crippen LogP contribution is 2.34. The number of imide groups is 1. The fourth-order valence-corrected chi connectivity index (χ4v) is 4.75. The van der Waals surface area contributed by atoms with Crippen LogP contribution in [0, 0.1) is 0 Å². The maximum atomic E-state index is 13.0. The number of hydrogen-bond acceptors (Lipinski definition) is 9. The van der Waals surface area contributed by atoms with Crippen molar-refractivity contribution in [3.63, 3.8) is 0 Å². The number of carbonyl (C=O) groups is 5. The second-order valence-corrected chi connectivity index (χ2v) is 11.5. The van der Waals surface area contributed by atoms with E-state index >= 15 is 0 Å². The fourth-order valence-electron chi connectivity index (χ4n) is 4.75. The maximum absolute atomic E-state index is 13.0. The number of nitrogens with zero attached hydrogens (tertiary/aromatic N) is 3. The van der Waals surface area contributed by atoms with E-state index in [9.17, 15) is 24.0 Å². The molecule has 2 N–H and O–H groups in total. The molecule has 0 saturated carbocycles. The number of carbonyl (C=O) groups excluding carboxylic acids is 5. The van der Waals surface area contributed by atoms with Crippen molar-refractivity contribution in [2.45, 2.75) is 77.5 Å². The Morgan fingerprint density at radius 2 is 1.79 bits per heavy atom. The number of benzene rings is 2. The minimum atomic E-state index is -0.699. The third-order valence-electron chi connectivity index (χ3n) is 6.87. The SMILES string of the molecule is CC(C)(C)OC(=O)NCCCCCC(=O)COc1ccc(N=Nc2cccc3c2CN(C2CCC(=O)NC2=O)C3=O)cc1. The maximum Gasteiger partial charge on any atom is 0.407 e. The van der Waals surface area contributed by atoms with Gasteiger partial charge < -0.3 is 19.7 Å². The van der Waals surface area contributed by atoms with E-state index in [4.69, 9.17) is 9.47 Å². The first kappa shape index (κ1) is 31.3. The van der Waals surface area contributed by atoms with Crippen molar-refractivity contribution in [2.75, 3.05) is 13.2 Å². The summed E-state index contributed by atoms with van der Waals surface area (Å²) in [7, 11) is 0. The van der Waals surface area contributed by atoms with Gasteiger partial charge in [0.2, 0.25) is 11.8 Å². The zero-order valence-corrected chi connectivity index (χ0v) is 24.7. The molecular formula is C31H37N5O7. The first-order chi connectivity index (χ1) is 20.5. The van der Waals surface area contributed by atoms with Gasteiger partial charge in [-0.3, -0.25) is 24.5 Å². The molecule has 0 spiro atoms. The zero-order chi connectivity index (χ0) is 31.0. The van der Waals surface area contributed by atoms with Crippen molar-refractivity contribution < 1.29 is 33.4 Å². The average Bonchev–Trinajstić information content (AvgIpc) is 3.28. The van der Waals surface area contributed by atoms with Crippen LogP contribution in [0.4, 0.5) is 16.2 Å². The molecule has 2 aromatic carbocycles. The number of hydrogen-bond donors (Lipinski definition) is 2. The number of unbranched alkanes of at least 4 members (excludes halogenated alkanes) is 2. The highest BCUT2D eigenvalue weighted by Gasteiger charge is 2.39. The van der Waals surface area contributed by atoms with Gasteiger partial charge in [0, 0.05) is 37.1 Å². The fraction of sp³-hybridized carbons (Fsp3) is 0.452. The van der Waals surface area contributed by atoms with Crippen molar-refractivity contribution in [1.82, 2.24) is 15.5 Å². The molecule has 1 atom stereocenters. The predicted octanol–water partition coefficient (Wildman–Crippen LogP) is 4.90. The van der Waals surface area contributed by atoms with Gasteiger partial charge in [-0.1, -0.05) is 12.5 Å². The van der Waals surface area contributed by atoms with Crippen LogP contribution in [0.2, 0.25) is 0 Å². The molecule has 228 valence electrons. The number of piperidine rings is 1. The Kier molecular flexibility index (Phi) is 10.2. The molecular weight excluding hydrogens is 554 g/mol. The standard InChI is InChI=1S/C31H37N5O7/c1-31(2,3)43-30(41)32-17-6-4-5-8-21(37)19-42-22-13-11-20(12-14-22)34-35-25-10-7-9-23-24(25)18-36(29(23)40)26-15-16-27(38)33-28(26)39/h7,9-14,26H,4-6,8,15-19H2,1-3H3,(H,32,41)(H,33,38,39). The van der Waals surface area contributed by atoms with E-state index in [0.29, 0.717) is 47.6 Å². The molecule has 12 heteroatoms. The monoisotopic (exact) mass is 591 g/mol. The number of alkyl carbamates (subject to hydrolysis) is 1. The summed E-state index contributed by atoms with van der Waals surface area (Å²) in [6.07, 6.45) is 2.69. The Hall–Kier alpha value is -4.61. The zero-order valence-electron chi connectivity index (χ0n) is 24.7. The van der Waals surface area contributed by atoms with Gasteiger partial charge in [0.25, 0.3) is 5.91 Å². The van der Waals surface area contributed by atoms with E-state index in [1.54, 1.807) is 42.5 Å². The number of fused-ring (bicyclic) bond motifs is 1. The Bertz CT molecular complexity index is 1400. The number of amides is 4. The molecule has 2 aromatic rings. The highest BCUT2D eigenvalue weighted by atomic mass is 16.6. The molecule has 0 radical (unpaired) electrons. The van der Waals surface area contributed by atoms with Gasteiger partial charge in [0.15, 0.2) is 5.78 Å². The summed E-state index contributed by atoms with van der Waals surface area (Å²) in [4.78, 5) is 62.1. The van der Waals surface area contributed by atoms with E-state index in [1.807, 2.05) is 20.8 Å². The summed E-state index contributed by atoms with van der Waals surface area (Å²) >= 11 is 0. The molecule has 1 unspecified atom stereocenters. The number of rotatable bonds is 12. The highest BCUT2D eigenvalue weighted by molar-refractivity contribution is 6.06. The number of ketones is 1. The topological polar surface area (TPSA) is 156 Å². The van der Waals surface area contributed by atoms with Gasteiger partial charge in [-0.05, 0) is 76.4 Å². The van der Waals surface area contributed by atoms with Crippen LogP contribution in [0.3, 0.4) is 0 Å². The summed E-state index contributed by atoms with van der Waals surface area (Å²) in [6.45, 7) is 6.09. The second kappa shape index (κ2) is 14.0. The lowest BCUT2D eigenvalue weighted by Gasteiger charge is -2.29. The Morgan fingerprint density at radius 1 is 1.02 bits per heavy atom. The van der Waals surface area contributed by atoms with Crippen LogP contribution in [0.15, 0.2) is 52.7 Å². The van der Waals surface area contributed by atoms with E-state index in [-0.39, 0.29) is 43.6 Å². The summed E-state index contributed by atoms with van der Waals surface area (Å²) in [5.41, 5.74) is 1.69. The lowest BCUT2D eigenvalue weighted by Crippen LogP contribution is -2.52. The van der Waals surface area contributed by atoms with Crippen molar-refractivity contribution in [1.29, 1.82) is 0 Å². The van der Waals surface area contributed by atoms with Crippen LogP contribution in [0.5, 0.6) is 5.75 Å². The largest absolute Gasteiger partial charge is 0.486 e. The number of Topliss-reactive ketones (excluding diaryl/α,β-unsaturated/α-hetero) is 1. The average molecular weight is 592 g/mol. The third kappa shape index (κ3) is 8.94. The van der Waals surface area contributed by atoms with Gasteiger partial charge in [-0.25, -0.2) is 4.79 Å². The first-order valence-corrected chi connectivity index (χ1v) is 14.4. The molecule has 0 bridgehead atoms. The Balaban J connectivity index is 1.20. The Labute approximate surface area is 250 Å². The van der Waals surface area contributed by atoms with Crippen molar-refractivity contribution in [3.05, 3.63) is 53.6 Å². The summed E-state index contributed by atoms with van der Waals surface area (Å²) in [5.74, 6) is -0.550. The molecule has 4 amide bonds. The number of ether oxygens (including phenoxy) is 2. The van der Waals surface area contributed by atoms with Crippen molar-refractivity contribution in [2.24, 2.45) is 10.2 Å². The summed E-state index contributed by atoms with van der Waals surface area (Å²) < 4.78 is 10.8. The molecule has 1 fully saturated rings. The lowest BCUT2D eigenvalue weighted by molar-refractivity contribution is -0.137. The number of azo groups is 1. The molecule has 1 saturated heterocycles. The molecule has 12 nitrogen and oxygen atoms in total. The van der Waals surface area contributed by atoms with Crippen LogP contribution in [-0.4, -0.2) is 59.3 Å². The molecule has 2 aliphatic rings. The molecule has 43 heavy (non-hydrogen) atoms. The quantitative estimate of drug-likeness (QED) is 0.202. The van der Waals surface area contributed by atoms with E-state index in [2.05, 4.69) is 20.9 Å². The van der Waals surface area contributed by atoms with Crippen LogP contribution < -0.4 is 15.4 Å². The second-order valence-electron chi connectivity index (χ2n) is 11.5. The molecule has 0 aliphatic carbocycles. The number of nitrogens with one attached hydrogen (secondary N) is 2. The van der Waals surface area contributed by atoms with E-state index in [1.165, 1.54) is 4.90 Å². The van der Waals surface area contributed by atoms with Gasteiger partial charge in [0.1, 0.15) is 24.0 Å². The smallest absolute Gasteiger partial charge is 0.407 e.